The maximum Gasteiger partial charge on any atom is 0.160 e. The first-order chi connectivity index (χ1) is 11.0. The number of ether oxygens (including phenoxy) is 2. The second-order valence-electron chi connectivity index (χ2n) is 5.10. The zero-order valence-corrected chi connectivity index (χ0v) is 12.9. The van der Waals surface area contributed by atoms with Gasteiger partial charge < -0.3 is 29.9 Å². The first kappa shape index (κ1) is 16.9. The van der Waals surface area contributed by atoms with Crippen LogP contribution >= 0.6 is 0 Å². The highest BCUT2D eigenvalue weighted by atomic mass is 16.5. The summed E-state index contributed by atoms with van der Waals surface area (Å²) in [6.07, 6.45) is -1.02. The number of aliphatic hydroxyl groups is 2. The monoisotopic (exact) mass is 320 g/mol. The molecule has 0 aliphatic heterocycles. The summed E-state index contributed by atoms with van der Waals surface area (Å²) >= 11 is 0. The molecule has 2 rings (SSSR count). The van der Waals surface area contributed by atoms with Gasteiger partial charge in [0.05, 0.1) is 26.9 Å². The van der Waals surface area contributed by atoms with Gasteiger partial charge in [-0.25, -0.2) is 0 Å². The van der Waals surface area contributed by atoms with Gasteiger partial charge in [0.15, 0.2) is 23.0 Å². The molecule has 0 amide bonds. The highest BCUT2D eigenvalue weighted by Gasteiger charge is 2.24. The van der Waals surface area contributed by atoms with Gasteiger partial charge in [-0.05, 0) is 35.4 Å². The summed E-state index contributed by atoms with van der Waals surface area (Å²) in [6.45, 7) is -0.307. The third-order valence-corrected chi connectivity index (χ3v) is 3.76. The maximum absolute atomic E-state index is 10.6. The van der Waals surface area contributed by atoms with E-state index in [0.29, 0.717) is 11.1 Å². The fraction of sp³-hybridized carbons (Fsp3) is 0.294. The molecule has 0 saturated carbocycles. The van der Waals surface area contributed by atoms with E-state index in [9.17, 15) is 20.4 Å². The third kappa shape index (κ3) is 3.49. The summed E-state index contributed by atoms with van der Waals surface area (Å²) < 4.78 is 10.1. The van der Waals surface area contributed by atoms with Crippen LogP contribution in [0.5, 0.6) is 23.0 Å². The average molecular weight is 320 g/mol. The Hall–Kier alpha value is -2.44. The number of hydrogen-bond donors (Lipinski definition) is 4. The van der Waals surface area contributed by atoms with Gasteiger partial charge >= 0.3 is 0 Å². The van der Waals surface area contributed by atoms with E-state index in [-0.39, 0.29) is 29.6 Å². The molecule has 0 bridgehead atoms. The van der Waals surface area contributed by atoms with Gasteiger partial charge in [0, 0.05) is 5.92 Å². The summed E-state index contributed by atoms with van der Waals surface area (Å²) in [4.78, 5) is 0. The Balaban J connectivity index is 2.36. The number of aliphatic hydroxyl groups excluding tert-OH is 2. The minimum atomic E-state index is -1.02. The van der Waals surface area contributed by atoms with Gasteiger partial charge in [0.25, 0.3) is 0 Å². The molecule has 0 unspecified atom stereocenters. The van der Waals surface area contributed by atoms with Crippen LogP contribution in [0.1, 0.15) is 23.1 Å². The van der Waals surface area contributed by atoms with Gasteiger partial charge in [-0.15, -0.1) is 0 Å². The van der Waals surface area contributed by atoms with Gasteiger partial charge in [0.2, 0.25) is 0 Å². The van der Waals surface area contributed by atoms with Gasteiger partial charge in [-0.3, -0.25) is 0 Å². The lowest BCUT2D eigenvalue weighted by molar-refractivity contribution is 0.106. The van der Waals surface area contributed by atoms with Crippen LogP contribution < -0.4 is 9.47 Å². The van der Waals surface area contributed by atoms with Crippen molar-refractivity contribution in [1.29, 1.82) is 0 Å². The standard InChI is InChI=1S/C17H20O6/c1-22-15-7-10(3-5-13(15)19)12(9-18)17(21)11-4-6-14(20)16(8-11)23-2/h3-8,12,17-21H,9H2,1-2H3/t12-,17+/m1/s1. The van der Waals surface area contributed by atoms with E-state index >= 15 is 0 Å². The SMILES string of the molecule is COc1cc([C@@H](CO)[C@@H](O)c2ccc(O)c(OC)c2)ccc1O. The zero-order valence-electron chi connectivity index (χ0n) is 12.9. The quantitative estimate of drug-likeness (QED) is 0.649. The van der Waals surface area contributed by atoms with Gasteiger partial charge in [-0.2, -0.15) is 0 Å². The van der Waals surface area contributed by atoms with Crippen LogP contribution in [0.15, 0.2) is 36.4 Å². The molecule has 2 aromatic rings. The van der Waals surface area contributed by atoms with Crippen molar-refractivity contribution in [3.05, 3.63) is 47.5 Å². The van der Waals surface area contributed by atoms with E-state index in [1.165, 1.54) is 32.4 Å². The molecule has 6 heteroatoms. The van der Waals surface area contributed by atoms with Gasteiger partial charge in [0.1, 0.15) is 0 Å². The van der Waals surface area contributed by atoms with Gasteiger partial charge in [-0.1, -0.05) is 12.1 Å². The maximum atomic E-state index is 10.6. The summed E-state index contributed by atoms with van der Waals surface area (Å²) in [7, 11) is 2.84. The van der Waals surface area contributed by atoms with Crippen LogP contribution in [0, 0.1) is 0 Å². The largest absolute Gasteiger partial charge is 0.504 e. The first-order valence-corrected chi connectivity index (χ1v) is 7.04. The number of methoxy groups -OCH3 is 2. The number of benzene rings is 2. The van der Waals surface area contributed by atoms with Crippen LogP contribution in [0.3, 0.4) is 0 Å². The lowest BCUT2D eigenvalue weighted by Crippen LogP contribution is -2.15. The summed E-state index contributed by atoms with van der Waals surface area (Å²) in [5, 5.41) is 39.5. The van der Waals surface area contributed by atoms with Crippen LogP contribution in [0.25, 0.3) is 0 Å². The van der Waals surface area contributed by atoms with Crippen LogP contribution in [-0.2, 0) is 0 Å². The van der Waals surface area contributed by atoms with Crippen molar-refractivity contribution < 1.29 is 29.9 Å². The number of hydrogen-bond acceptors (Lipinski definition) is 6. The van der Waals surface area contributed by atoms with Crippen molar-refractivity contribution in [2.45, 2.75) is 12.0 Å². The number of rotatable bonds is 6. The molecular formula is C17H20O6. The topological polar surface area (TPSA) is 99.4 Å². The van der Waals surface area contributed by atoms with E-state index in [2.05, 4.69) is 0 Å². The summed E-state index contributed by atoms with van der Waals surface area (Å²) in [5.74, 6) is -0.180. The van der Waals surface area contributed by atoms with Crippen LogP contribution in [0.4, 0.5) is 0 Å². The Labute approximate surface area is 134 Å². The van der Waals surface area contributed by atoms with Crippen molar-refractivity contribution >= 4 is 0 Å². The molecule has 0 radical (unpaired) electrons. The molecule has 0 saturated heterocycles. The molecule has 23 heavy (non-hydrogen) atoms. The molecule has 0 aromatic heterocycles. The predicted octanol–water partition coefficient (Wildman–Crippen LogP) is 1.92. The molecule has 2 atom stereocenters. The highest BCUT2D eigenvalue weighted by Crippen LogP contribution is 2.37. The Morgan fingerprint density at radius 2 is 1.35 bits per heavy atom. The minimum absolute atomic E-state index is 0.0197. The van der Waals surface area contributed by atoms with Crippen molar-refractivity contribution in [3.63, 3.8) is 0 Å². The molecular weight excluding hydrogens is 300 g/mol. The fourth-order valence-corrected chi connectivity index (χ4v) is 2.42. The third-order valence-electron chi connectivity index (χ3n) is 3.76. The van der Waals surface area contributed by atoms with E-state index in [1.807, 2.05) is 0 Å². The predicted molar refractivity (Wildman–Crippen MR) is 84.1 cm³/mol. The van der Waals surface area contributed by atoms with E-state index in [0.717, 1.165) is 0 Å². The first-order valence-electron chi connectivity index (χ1n) is 7.04. The lowest BCUT2D eigenvalue weighted by Gasteiger charge is -2.23. The Bertz CT molecular complexity index is 670. The van der Waals surface area contributed by atoms with Crippen molar-refractivity contribution in [1.82, 2.24) is 0 Å². The number of phenols is 2. The summed E-state index contributed by atoms with van der Waals surface area (Å²) in [6, 6.07) is 9.12. The average Bonchev–Trinajstić information content (AvgIpc) is 2.57. The molecule has 0 spiro atoms. The van der Waals surface area contributed by atoms with Crippen LogP contribution in [-0.4, -0.2) is 41.3 Å². The minimum Gasteiger partial charge on any atom is -0.504 e. The van der Waals surface area contributed by atoms with Crippen LogP contribution in [0.2, 0.25) is 0 Å². The number of aromatic hydroxyl groups is 2. The zero-order chi connectivity index (χ0) is 17.0. The molecule has 0 aliphatic rings. The molecule has 124 valence electrons. The second-order valence-corrected chi connectivity index (χ2v) is 5.10. The molecule has 0 aliphatic carbocycles. The van der Waals surface area contributed by atoms with E-state index in [1.54, 1.807) is 18.2 Å². The molecule has 2 aromatic carbocycles. The van der Waals surface area contributed by atoms with E-state index < -0.39 is 12.0 Å². The second kappa shape index (κ2) is 7.21. The van der Waals surface area contributed by atoms with Crippen molar-refractivity contribution in [2.24, 2.45) is 0 Å². The van der Waals surface area contributed by atoms with Crippen molar-refractivity contribution in [3.8, 4) is 23.0 Å². The Morgan fingerprint density at radius 1 is 0.870 bits per heavy atom. The smallest absolute Gasteiger partial charge is 0.160 e. The van der Waals surface area contributed by atoms with Crippen molar-refractivity contribution in [2.75, 3.05) is 20.8 Å². The normalized spacial score (nSPS) is 13.4. The lowest BCUT2D eigenvalue weighted by atomic mass is 9.89. The Morgan fingerprint density at radius 3 is 1.83 bits per heavy atom. The molecule has 4 N–H and O–H groups in total. The summed E-state index contributed by atoms with van der Waals surface area (Å²) in [5.41, 5.74) is 1.10. The van der Waals surface area contributed by atoms with E-state index in [4.69, 9.17) is 9.47 Å². The fourth-order valence-electron chi connectivity index (χ4n) is 2.42. The highest BCUT2D eigenvalue weighted by molar-refractivity contribution is 5.45. The molecule has 6 nitrogen and oxygen atoms in total. The molecule has 0 heterocycles. The molecule has 0 fully saturated rings. The number of phenolic OH excluding ortho intramolecular Hbond substituents is 2. The Kier molecular flexibility index (Phi) is 5.31.